The molecule has 0 aromatic heterocycles. The summed E-state index contributed by atoms with van der Waals surface area (Å²) in [5.74, 6) is 2.63. The zero-order valence-corrected chi connectivity index (χ0v) is 10.4. The third-order valence-electron chi connectivity index (χ3n) is 4.63. The SMILES string of the molecule is CC(N)C(C)C(=O)NCC1CC2CCC1C2. The zero-order valence-electron chi connectivity index (χ0n) is 10.4. The van der Waals surface area contributed by atoms with Crippen LogP contribution in [0.3, 0.4) is 0 Å². The van der Waals surface area contributed by atoms with Crippen molar-refractivity contribution in [3.8, 4) is 0 Å². The fourth-order valence-corrected chi connectivity index (χ4v) is 3.26. The Morgan fingerprint density at radius 1 is 1.38 bits per heavy atom. The van der Waals surface area contributed by atoms with Crippen LogP contribution in [0.2, 0.25) is 0 Å². The van der Waals surface area contributed by atoms with Gasteiger partial charge in [-0.2, -0.15) is 0 Å². The molecule has 3 N–H and O–H groups in total. The summed E-state index contributed by atoms with van der Waals surface area (Å²) in [6.07, 6.45) is 5.54. The average Bonchev–Trinajstić information content (AvgIpc) is 2.86. The van der Waals surface area contributed by atoms with Gasteiger partial charge in [0.2, 0.25) is 5.91 Å². The Bertz CT molecular complexity index is 265. The van der Waals surface area contributed by atoms with Crippen LogP contribution in [0.1, 0.15) is 39.5 Å². The molecule has 3 nitrogen and oxygen atoms in total. The molecule has 1 amide bonds. The van der Waals surface area contributed by atoms with Crippen LogP contribution in [-0.4, -0.2) is 18.5 Å². The summed E-state index contributed by atoms with van der Waals surface area (Å²) >= 11 is 0. The van der Waals surface area contributed by atoms with Gasteiger partial charge >= 0.3 is 0 Å². The van der Waals surface area contributed by atoms with Crippen LogP contribution in [0.5, 0.6) is 0 Å². The van der Waals surface area contributed by atoms with Crippen molar-refractivity contribution in [1.82, 2.24) is 5.32 Å². The van der Waals surface area contributed by atoms with E-state index in [9.17, 15) is 4.79 Å². The molecular formula is C13H24N2O. The smallest absolute Gasteiger partial charge is 0.224 e. The van der Waals surface area contributed by atoms with Crippen molar-refractivity contribution in [1.29, 1.82) is 0 Å². The van der Waals surface area contributed by atoms with Crippen LogP contribution in [0.15, 0.2) is 0 Å². The van der Waals surface area contributed by atoms with E-state index in [2.05, 4.69) is 5.32 Å². The van der Waals surface area contributed by atoms with Crippen molar-refractivity contribution in [3.63, 3.8) is 0 Å². The number of nitrogens with two attached hydrogens (primary N) is 1. The molecule has 0 aromatic carbocycles. The van der Waals surface area contributed by atoms with Crippen molar-refractivity contribution >= 4 is 5.91 Å². The van der Waals surface area contributed by atoms with Gasteiger partial charge in [-0.1, -0.05) is 13.3 Å². The topological polar surface area (TPSA) is 55.1 Å². The highest BCUT2D eigenvalue weighted by Gasteiger charge is 2.39. The van der Waals surface area contributed by atoms with E-state index in [1.807, 2.05) is 13.8 Å². The first-order valence-electron chi connectivity index (χ1n) is 6.61. The molecule has 5 unspecified atom stereocenters. The number of amides is 1. The molecule has 16 heavy (non-hydrogen) atoms. The molecule has 5 atom stereocenters. The first kappa shape index (κ1) is 11.9. The Balaban J connectivity index is 1.73. The van der Waals surface area contributed by atoms with E-state index < -0.39 is 0 Å². The van der Waals surface area contributed by atoms with Gasteiger partial charge in [0.05, 0.1) is 0 Å². The zero-order chi connectivity index (χ0) is 11.7. The summed E-state index contributed by atoms with van der Waals surface area (Å²) in [6.45, 7) is 4.67. The molecule has 0 radical (unpaired) electrons. The van der Waals surface area contributed by atoms with E-state index in [0.717, 1.165) is 24.3 Å². The lowest BCUT2D eigenvalue weighted by atomic mass is 9.88. The van der Waals surface area contributed by atoms with Gasteiger partial charge in [0.15, 0.2) is 0 Å². The second-order valence-corrected chi connectivity index (χ2v) is 5.83. The molecule has 0 heterocycles. The molecule has 2 saturated carbocycles. The molecule has 0 spiro atoms. The van der Waals surface area contributed by atoms with Gasteiger partial charge in [-0.3, -0.25) is 4.79 Å². The standard InChI is InChI=1S/C13H24N2O/c1-8(9(2)14)13(16)15-7-12-6-10-3-4-11(12)5-10/h8-12H,3-7,14H2,1-2H3,(H,15,16). The first-order valence-corrected chi connectivity index (χ1v) is 6.61. The van der Waals surface area contributed by atoms with Crippen LogP contribution in [-0.2, 0) is 4.79 Å². The minimum atomic E-state index is -0.0707. The predicted octanol–water partition coefficient (Wildman–Crippen LogP) is 1.52. The van der Waals surface area contributed by atoms with Gasteiger partial charge < -0.3 is 11.1 Å². The molecule has 2 fully saturated rings. The van der Waals surface area contributed by atoms with E-state index in [-0.39, 0.29) is 17.9 Å². The van der Waals surface area contributed by atoms with Crippen LogP contribution >= 0.6 is 0 Å². The van der Waals surface area contributed by atoms with E-state index in [0.29, 0.717) is 0 Å². The summed E-state index contributed by atoms with van der Waals surface area (Å²) in [6, 6.07) is -0.0555. The van der Waals surface area contributed by atoms with Gasteiger partial charge in [-0.15, -0.1) is 0 Å². The molecule has 2 bridgehead atoms. The van der Waals surface area contributed by atoms with E-state index in [4.69, 9.17) is 5.73 Å². The highest BCUT2D eigenvalue weighted by molar-refractivity contribution is 5.78. The van der Waals surface area contributed by atoms with Crippen molar-refractivity contribution in [2.75, 3.05) is 6.54 Å². The summed E-state index contributed by atoms with van der Waals surface area (Å²) in [5, 5.41) is 3.07. The number of carbonyl (C=O) groups is 1. The lowest BCUT2D eigenvalue weighted by Crippen LogP contribution is -2.41. The summed E-state index contributed by atoms with van der Waals surface area (Å²) in [7, 11) is 0. The normalized spacial score (nSPS) is 36.1. The maximum atomic E-state index is 11.8. The summed E-state index contributed by atoms with van der Waals surface area (Å²) in [4.78, 5) is 11.8. The third kappa shape index (κ3) is 2.40. The van der Waals surface area contributed by atoms with Crippen LogP contribution in [0.4, 0.5) is 0 Å². The number of hydrogen-bond acceptors (Lipinski definition) is 2. The molecular weight excluding hydrogens is 200 g/mol. The van der Waals surface area contributed by atoms with E-state index >= 15 is 0 Å². The number of nitrogens with one attached hydrogen (secondary N) is 1. The van der Waals surface area contributed by atoms with Crippen LogP contribution in [0, 0.1) is 23.7 Å². The third-order valence-corrected chi connectivity index (χ3v) is 4.63. The largest absolute Gasteiger partial charge is 0.356 e. The van der Waals surface area contributed by atoms with Crippen molar-refractivity contribution in [2.24, 2.45) is 29.4 Å². The Labute approximate surface area is 98.2 Å². The summed E-state index contributed by atoms with van der Waals surface area (Å²) < 4.78 is 0. The maximum Gasteiger partial charge on any atom is 0.224 e. The predicted molar refractivity (Wildman–Crippen MR) is 64.8 cm³/mol. The Kier molecular flexibility index (Phi) is 3.53. The second kappa shape index (κ2) is 4.74. The molecule has 2 aliphatic carbocycles. The van der Waals surface area contributed by atoms with Crippen LogP contribution < -0.4 is 11.1 Å². The van der Waals surface area contributed by atoms with Crippen LogP contribution in [0.25, 0.3) is 0 Å². The minimum Gasteiger partial charge on any atom is -0.356 e. The van der Waals surface area contributed by atoms with E-state index in [1.165, 1.54) is 25.7 Å². The summed E-state index contributed by atoms with van der Waals surface area (Å²) in [5.41, 5.74) is 5.72. The van der Waals surface area contributed by atoms with Crippen molar-refractivity contribution in [3.05, 3.63) is 0 Å². The van der Waals surface area contributed by atoms with Gasteiger partial charge in [0.1, 0.15) is 0 Å². The number of rotatable bonds is 4. The Morgan fingerprint density at radius 2 is 2.12 bits per heavy atom. The molecule has 2 aliphatic rings. The van der Waals surface area contributed by atoms with Crippen molar-refractivity contribution in [2.45, 2.75) is 45.6 Å². The molecule has 2 rings (SSSR count). The number of fused-ring (bicyclic) bond motifs is 2. The molecule has 0 aliphatic heterocycles. The first-order chi connectivity index (χ1) is 7.58. The quantitative estimate of drug-likeness (QED) is 0.760. The monoisotopic (exact) mass is 224 g/mol. The lowest BCUT2D eigenvalue weighted by molar-refractivity contribution is -0.125. The number of hydrogen-bond donors (Lipinski definition) is 2. The minimum absolute atomic E-state index is 0.0555. The fourth-order valence-electron chi connectivity index (χ4n) is 3.26. The maximum absolute atomic E-state index is 11.8. The lowest BCUT2D eigenvalue weighted by Gasteiger charge is -2.23. The Hall–Kier alpha value is -0.570. The number of carbonyl (C=O) groups excluding carboxylic acids is 1. The average molecular weight is 224 g/mol. The highest BCUT2D eigenvalue weighted by atomic mass is 16.1. The Morgan fingerprint density at radius 3 is 2.62 bits per heavy atom. The molecule has 92 valence electrons. The van der Waals surface area contributed by atoms with Gasteiger partial charge in [-0.05, 0) is 43.9 Å². The van der Waals surface area contributed by atoms with Gasteiger partial charge in [0, 0.05) is 18.5 Å². The van der Waals surface area contributed by atoms with E-state index in [1.54, 1.807) is 0 Å². The highest BCUT2D eigenvalue weighted by Crippen LogP contribution is 2.47. The van der Waals surface area contributed by atoms with Gasteiger partial charge in [-0.25, -0.2) is 0 Å². The van der Waals surface area contributed by atoms with Gasteiger partial charge in [0.25, 0.3) is 0 Å². The fraction of sp³-hybridized carbons (Fsp3) is 0.923. The van der Waals surface area contributed by atoms with Crippen molar-refractivity contribution < 1.29 is 4.79 Å². The second-order valence-electron chi connectivity index (χ2n) is 5.83. The molecule has 3 heteroatoms. The molecule has 0 saturated heterocycles. The molecule has 0 aromatic rings.